The Kier molecular flexibility index (Phi) is 19.7. The number of carboxylic acids is 1. The highest BCUT2D eigenvalue weighted by Gasteiger charge is 2.08. The van der Waals surface area contributed by atoms with Crippen LogP contribution in [0.5, 0.6) is 0 Å². The second-order valence-electron chi connectivity index (χ2n) is 8.33. The molecule has 0 saturated carbocycles. The van der Waals surface area contributed by atoms with Gasteiger partial charge in [-0.2, -0.15) is 0 Å². The molecular formula is C23H46O4. The van der Waals surface area contributed by atoms with Crippen molar-refractivity contribution in [3.8, 4) is 0 Å². The van der Waals surface area contributed by atoms with Gasteiger partial charge in [0.25, 0.3) is 0 Å². The van der Waals surface area contributed by atoms with Crippen molar-refractivity contribution in [2.24, 2.45) is 0 Å². The van der Waals surface area contributed by atoms with Gasteiger partial charge in [0.2, 0.25) is 0 Å². The minimum Gasteiger partial charge on any atom is -0.481 e. The summed E-state index contributed by atoms with van der Waals surface area (Å²) in [5.41, 5.74) is 0. The van der Waals surface area contributed by atoms with Gasteiger partial charge in [-0.3, -0.25) is 4.79 Å². The second-order valence-corrected chi connectivity index (χ2v) is 8.33. The number of aliphatic hydroxyl groups excluding tert-OH is 2. The Morgan fingerprint density at radius 3 is 1.19 bits per heavy atom. The molecule has 0 aromatic rings. The van der Waals surface area contributed by atoms with E-state index in [1.807, 2.05) is 6.92 Å². The van der Waals surface area contributed by atoms with Crippen molar-refractivity contribution in [3.05, 3.63) is 0 Å². The second kappa shape index (κ2) is 20.1. The number of rotatable bonds is 21. The molecule has 0 aliphatic carbocycles. The summed E-state index contributed by atoms with van der Waals surface area (Å²) in [5, 5.41) is 27.2. The van der Waals surface area contributed by atoms with Crippen LogP contribution in [0.1, 0.15) is 129 Å². The number of carbonyl (C=O) groups is 1. The molecule has 0 aliphatic heterocycles. The van der Waals surface area contributed by atoms with E-state index in [0.717, 1.165) is 19.3 Å². The summed E-state index contributed by atoms with van der Waals surface area (Å²) in [7, 11) is 0. The molecule has 0 spiro atoms. The fourth-order valence-corrected chi connectivity index (χ4v) is 3.60. The summed E-state index contributed by atoms with van der Waals surface area (Å²) in [6.07, 6.45) is 21.2. The maximum atomic E-state index is 10.4. The lowest BCUT2D eigenvalue weighted by Gasteiger charge is -2.07. The van der Waals surface area contributed by atoms with Gasteiger partial charge in [0.1, 0.15) is 0 Å². The lowest BCUT2D eigenvalue weighted by Crippen LogP contribution is -2.12. The van der Waals surface area contributed by atoms with Gasteiger partial charge >= 0.3 is 5.97 Å². The summed E-state index contributed by atoms with van der Waals surface area (Å²) in [4.78, 5) is 10.4. The van der Waals surface area contributed by atoms with Crippen LogP contribution in [-0.2, 0) is 4.79 Å². The highest BCUT2D eigenvalue weighted by molar-refractivity contribution is 5.67. The minimum absolute atomic E-state index is 0.121. The van der Waals surface area contributed by atoms with Crippen LogP contribution in [0.15, 0.2) is 0 Å². The van der Waals surface area contributed by atoms with Gasteiger partial charge in [0, 0.05) is 0 Å². The van der Waals surface area contributed by atoms with Gasteiger partial charge < -0.3 is 15.3 Å². The summed E-state index contributed by atoms with van der Waals surface area (Å²) in [6, 6.07) is 0. The Morgan fingerprint density at radius 1 is 0.593 bits per heavy atom. The Hall–Kier alpha value is -0.610. The van der Waals surface area contributed by atoms with E-state index in [4.69, 9.17) is 5.11 Å². The zero-order valence-electron chi connectivity index (χ0n) is 17.8. The third-order valence-electron chi connectivity index (χ3n) is 5.32. The standard InChI is InChI=1S/C23H46O4/c1-21(24)18-16-14-12-10-8-6-4-2-3-5-7-9-11-13-15-17-19-22(25)20-23(26)27/h21-22,24-25H,2-20H2,1H3,(H,26,27)/t21-,22-/m1/s1. The van der Waals surface area contributed by atoms with Gasteiger partial charge in [0.15, 0.2) is 0 Å². The van der Waals surface area contributed by atoms with E-state index in [0.29, 0.717) is 6.42 Å². The van der Waals surface area contributed by atoms with Gasteiger partial charge in [0.05, 0.1) is 18.6 Å². The number of aliphatic carboxylic acids is 1. The van der Waals surface area contributed by atoms with Crippen LogP contribution in [-0.4, -0.2) is 33.5 Å². The Balaban J connectivity index is 3.08. The van der Waals surface area contributed by atoms with Gasteiger partial charge in [-0.25, -0.2) is 0 Å². The van der Waals surface area contributed by atoms with Crippen molar-refractivity contribution in [3.63, 3.8) is 0 Å². The van der Waals surface area contributed by atoms with Crippen molar-refractivity contribution in [2.75, 3.05) is 0 Å². The monoisotopic (exact) mass is 386 g/mol. The molecule has 0 amide bonds. The Labute approximate surface area is 167 Å². The zero-order chi connectivity index (χ0) is 20.2. The van der Waals surface area contributed by atoms with Crippen LogP contribution in [0.2, 0.25) is 0 Å². The van der Waals surface area contributed by atoms with Crippen LogP contribution >= 0.6 is 0 Å². The lowest BCUT2D eigenvalue weighted by atomic mass is 10.0. The van der Waals surface area contributed by atoms with Crippen molar-refractivity contribution in [2.45, 2.75) is 141 Å². The number of hydrogen-bond acceptors (Lipinski definition) is 3. The highest BCUT2D eigenvalue weighted by atomic mass is 16.4. The molecular weight excluding hydrogens is 340 g/mol. The van der Waals surface area contributed by atoms with Crippen LogP contribution in [0, 0.1) is 0 Å². The van der Waals surface area contributed by atoms with Gasteiger partial charge in [-0.15, -0.1) is 0 Å². The van der Waals surface area contributed by atoms with Crippen LogP contribution in [0.4, 0.5) is 0 Å². The first-order valence-electron chi connectivity index (χ1n) is 11.6. The number of hydrogen-bond donors (Lipinski definition) is 3. The first kappa shape index (κ1) is 26.4. The predicted molar refractivity (Wildman–Crippen MR) is 113 cm³/mol. The van der Waals surface area contributed by atoms with E-state index in [2.05, 4.69) is 0 Å². The molecule has 4 heteroatoms. The third-order valence-corrected chi connectivity index (χ3v) is 5.32. The maximum Gasteiger partial charge on any atom is 0.305 e. The largest absolute Gasteiger partial charge is 0.481 e. The molecule has 0 aliphatic rings. The average Bonchev–Trinajstić information content (AvgIpc) is 2.59. The molecule has 0 aromatic heterocycles. The Bertz CT molecular complexity index is 318. The van der Waals surface area contributed by atoms with E-state index in [1.165, 1.54) is 89.9 Å². The summed E-state index contributed by atoms with van der Waals surface area (Å²) >= 11 is 0. The molecule has 4 nitrogen and oxygen atoms in total. The molecule has 27 heavy (non-hydrogen) atoms. The Morgan fingerprint density at radius 2 is 0.889 bits per heavy atom. The van der Waals surface area contributed by atoms with Crippen molar-refractivity contribution in [1.82, 2.24) is 0 Å². The molecule has 0 rings (SSSR count). The van der Waals surface area contributed by atoms with E-state index < -0.39 is 12.1 Å². The highest BCUT2D eigenvalue weighted by Crippen LogP contribution is 2.15. The maximum absolute atomic E-state index is 10.4. The van der Waals surface area contributed by atoms with Crippen LogP contribution in [0.3, 0.4) is 0 Å². The SMILES string of the molecule is C[C@@H](O)CCCCCCCCCCCCCCCCCC[C@@H](O)CC(=O)O. The third kappa shape index (κ3) is 23.4. The van der Waals surface area contributed by atoms with Gasteiger partial charge in [-0.05, 0) is 19.8 Å². The van der Waals surface area contributed by atoms with E-state index in [9.17, 15) is 15.0 Å². The lowest BCUT2D eigenvalue weighted by molar-refractivity contribution is -0.139. The predicted octanol–water partition coefficient (Wildman–Crippen LogP) is 6.22. The molecule has 0 bridgehead atoms. The molecule has 0 unspecified atom stereocenters. The van der Waals surface area contributed by atoms with Crippen LogP contribution < -0.4 is 0 Å². The summed E-state index contributed by atoms with van der Waals surface area (Å²) in [5.74, 6) is -0.911. The molecule has 0 radical (unpaired) electrons. The van der Waals surface area contributed by atoms with E-state index >= 15 is 0 Å². The molecule has 162 valence electrons. The summed E-state index contributed by atoms with van der Waals surface area (Å²) < 4.78 is 0. The first-order valence-corrected chi connectivity index (χ1v) is 11.6. The van der Waals surface area contributed by atoms with Crippen molar-refractivity contribution < 1.29 is 20.1 Å². The van der Waals surface area contributed by atoms with Crippen molar-refractivity contribution >= 4 is 5.97 Å². The fourth-order valence-electron chi connectivity index (χ4n) is 3.60. The minimum atomic E-state index is -0.911. The summed E-state index contributed by atoms with van der Waals surface area (Å²) in [6.45, 7) is 1.87. The molecule has 0 saturated heterocycles. The van der Waals surface area contributed by atoms with Gasteiger partial charge in [-0.1, -0.05) is 103 Å². The number of aliphatic hydroxyl groups is 2. The molecule has 3 N–H and O–H groups in total. The van der Waals surface area contributed by atoms with Crippen LogP contribution in [0.25, 0.3) is 0 Å². The zero-order valence-corrected chi connectivity index (χ0v) is 17.8. The molecule has 0 heterocycles. The topological polar surface area (TPSA) is 77.8 Å². The number of unbranched alkanes of at least 4 members (excludes halogenated alkanes) is 15. The molecule has 2 atom stereocenters. The van der Waals surface area contributed by atoms with E-state index in [1.54, 1.807) is 0 Å². The first-order chi connectivity index (χ1) is 13.0. The quantitative estimate of drug-likeness (QED) is 0.204. The average molecular weight is 387 g/mol. The molecule has 0 fully saturated rings. The number of carboxylic acid groups (broad SMARTS) is 1. The van der Waals surface area contributed by atoms with Crippen molar-refractivity contribution in [1.29, 1.82) is 0 Å². The fraction of sp³-hybridized carbons (Fsp3) is 0.957. The van der Waals surface area contributed by atoms with E-state index in [-0.39, 0.29) is 12.5 Å². The molecule has 0 aromatic carbocycles. The smallest absolute Gasteiger partial charge is 0.305 e. The normalized spacial score (nSPS) is 13.6.